The van der Waals surface area contributed by atoms with E-state index < -0.39 is 10.0 Å². The molecule has 0 heterocycles. The van der Waals surface area contributed by atoms with Crippen molar-refractivity contribution in [3.05, 3.63) is 120 Å². The van der Waals surface area contributed by atoms with Gasteiger partial charge in [-0.3, -0.25) is 4.79 Å². The lowest BCUT2D eigenvalue weighted by Crippen LogP contribution is -2.23. The predicted octanol–water partition coefficient (Wildman–Crippen LogP) is 5.65. The van der Waals surface area contributed by atoms with E-state index in [1.807, 2.05) is 66.7 Å². The molecular weight excluding hydrogens is 444 g/mol. The minimum atomic E-state index is -3.63. The van der Waals surface area contributed by atoms with Crippen LogP contribution in [0.5, 0.6) is 0 Å². The molecule has 0 aliphatic rings. The second kappa shape index (κ2) is 10.5. The Morgan fingerprint density at radius 2 is 1.44 bits per heavy atom. The van der Waals surface area contributed by atoms with Crippen LogP contribution < -0.4 is 10.0 Å². The van der Waals surface area contributed by atoms with Crippen molar-refractivity contribution in [2.45, 2.75) is 24.8 Å². The third-order valence-electron chi connectivity index (χ3n) is 5.55. The number of carbonyl (C=O) groups is 1. The van der Waals surface area contributed by atoms with Crippen LogP contribution in [-0.4, -0.2) is 14.3 Å². The molecule has 0 saturated carbocycles. The van der Waals surface area contributed by atoms with Crippen LogP contribution in [0.25, 0.3) is 11.1 Å². The number of hydrogen-bond acceptors (Lipinski definition) is 3. The van der Waals surface area contributed by atoms with Crippen molar-refractivity contribution in [2.24, 2.45) is 0 Å². The first kappa shape index (κ1) is 23.4. The number of aryl methyl sites for hydroxylation is 1. The molecule has 0 aromatic heterocycles. The summed E-state index contributed by atoms with van der Waals surface area (Å²) < 4.78 is 27.9. The first-order valence-electron chi connectivity index (χ1n) is 11.1. The van der Waals surface area contributed by atoms with Gasteiger partial charge in [0, 0.05) is 17.8 Å². The van der Waals surface area contributed by atoms with Gasteiger partial charge in [-0.2, -0.15) is 0 Å². The zero-order valence-corrected chi connectivity index (χ0v) is 19.7. The molecule has 1 amide bonds. The van der Waals surface area contributed by atoms with E-state index in [1.54, 1.807) is 36.4 Å². The lowest BCUT2D eigenvalue weighted by molar-refractivity contribution is 0.102. The second-order valence-corrected chi connectivity index (χ2v) is 9.69. The molecule has 0 fully saturated rings. The summed E-state index contributed by atoms with van der Waals surface area (Å²) in [6.45, 7) is 2.31. The maximum atomic E-state index is 12.7. The fraction of sp³-hybridized carbons (Fsp3) is 0.107. The Bertz CT molecular complexity index is 1370. The highest BCUT2D eigenvalue weighted by Crippen LogP contribution is 2.23. The Hall–Kier alpha value is -3.74. The van der Waals surface area contributed by atoms with Gasteiger partial charge in [-0.25, -0.2) is 13.1 Å². The number of nitrogens with one attached hydrogen (secondary N) is 2. The summed E-state index contributed by atoms with van der Waals surface area (Å²) in [6, 6.07) is 31.1. The van der Waals surface area contributed by atoms with E-state index in [0.717, 1.165) is 28.8 Å². The number of rotatable bonds is 8. The minimum absolute atomic E-state index is 0.191. The van der Waals surface area contributed by atoms with E-state index in [9.17, 15) is 13.2 Å². The summed E-state index contributed by atoms with van der Waals surface area (Å²) in [5.74, 6) is -0.199. The predicted molar refractivity (Wildman–Crippen MR) is 136 cm³/mol. The summed E-state index contributed by atoms with van der Waals surface area (Å²) in [7, 11) is -3.63. The number of amides is 1. The summed E-state index contributed by atoms with van der Waals surface area (Å²) in [4.78, 5) is 12.9. The van der Waals surface area contributed by atoms with Crippen molar-refractivity contribution in [1.29, 1.82) is 0 Å². The molecule has 0 saturated heterocycles. The van der Waals surface area contributed by atoms with Gasteiger partial charge in [0.05, 0.1) is 4.90 Å². The highest BCUT2D eigenvalue weighted by Gasteiger charge is 2.14. The molecule has 4 aromatic carbocycles. The van der Waals surface area contributed by atoms with E-state index in [-0.39, 0.29) is 17.3 Å². The number of carbonyl (C=O) groups excluding carboxylic acids is 1. The Balaban J connectivity index is 1.46. The Morgan fingerprint density at radius 3 is 2.12 bits per heavy atom. The standard InChI is InChI=1S/C28H26N2O3S/c1-2-21-11-15-26(16-12-21)30-28(31)25-10-6-9-24(19-25)23-13-17-27(18-14-23)34(32,33)29-20-22-7-4-3-5-8-22/h3-19,29H,2,20H2,1H3,(H,30,31). The molecule has 2 N–H and O–H groups in total. The summed E-state index contributed by atoms with van der Waals surface area (Å²) in [5, 5.41) is 2.92. The van der Waals surface area contributed by atoms with Crippen molar-refractivity contribution in [3.8, 4) is 11.1 Å². The molecule has 34 heavy (non-hydrogen) atoms. The Labute approximate surface area is 200 Å². The SMILES string of the molecule is CCc1ccc(NC(=O)c2cccc(-c3ccc(S(=O)(=O)NCc4ccccc4)cc3)c2)cc1. The van der Waals surface area contributed by atoms with Gasteiger partial charge in [-0.05, 0) is 65.1 Å². The zero-order valence-electron chi connectivity index (χ0n) is 18.9. The summed E-state index contributed by atoms with van der Waals surface area (Å²) >= 11 is 0. The molecule has 0 atom stereocenters. The van der Waals surface area contributed by atoms with Crippen molar-refractivity contribution < 1.29 is 13.2 Å². The highest BCUT2D eigenvalue weighted by molar-refractivity contribution is 7.89. The van der Waals surface area contributed by atoms with Gasteiger partial charge >= 0.3 is 0 Å². The first-order valence-corrected chi connectivity index (χ1v) is 12.6. The van der Waals surface area contributed by atoms with Gasteiger partial charge in [0.15, 0.2) is 0 Å². The number of hydrogen-bond donors (Lipinski definition) is 2. The van der Waals surface area contributed by atoms with Gasteiger partial charge in [-0.15, -0.1) is 0 Å². The molecule has 0 aliphatic heterocycles. The van der Waals surface area contributed by atoms with E-state index >= 15 is 0 Å². The zero-order chi connectivity index (χ0) is 24.0. The van der Waals surface area contributed by atoms with Crippen molar-refractivity contribution in [2.75, 3.05) is 5.32 Å². The van der Waals surface area contributed by atoms with Crippen LogP contribution in [0.3, 0.4) is 0 Å². The molecule has 0 aliphatic carbocycles. The second-order valence-electron chi connectivity index (χ2n) is 7.92. The molecule has 0 radical (unpaired) electrons. The highest BCUT2D eigenvalue weighted by atomic mass is 32.2. The average Bonchev–Trinajstić information content (AvgIpc) is 2.89. The van der Waals surface area contributed by atoms with Crippen molar-refractivity contribution in [3.63, 3.8) is 0 Å². The fourth-order valence-corrected chi connectivity index (χ4v) is 4.57. The van der Waals surface area contributed by atoms with Crippen molar-refractivity contribution >= 4 is 21.6 Å². The number of sulfonamides is 1. The van der Waals surface area contributed by atoms with Crippen LogP contribution in [-0.2, 0) is 23.0 Å². The Kier molecular flexibility index (Phi) is 7.21. The van der Waals surface area contributed by atoms with Crippen LogP contribution in [0.2, 0.25) is 0 Å². The number of anilines is 1. The van der Waals surface area contributed by atoms with Crippen molar-refractivity contribution in [1.82, 2.24) is 4.72 Å². The van der Waals surface area contributed by atoms with Gasteiger partial charge in [0.2, 0.25) is 10.0 Å². The van der Waals surface area contributed by atoms with Crippen LogP contribution >= 0.6 is 0 Å². The average molecular weight is 471 g/mol. The molecule has 6 heteroatoms. The lowest BCUT2D eigenvalue weighted by atomic mass is 10.0. The summed E-state index contributed by atoms with van der Waals surface area (Å²) in [6.07, 6.45) is 0.944. The third kappa shape index (κ3) is 5.78. The molecule has 172 valence electrons. The van der Waals surface area contributed by atoms with E-state index in [0.29, 0.717) is 5.56 Å². The van der Waals surface area contributed by atoms with Crippen LogP contribution in [0.1, 0.15) is 28.4 Å². The van der Waals surface area contributed by atoms with Crippen LogP contribution in [0.15, 0.2) is 108 Å². The van der Waals surface area contributed by atoms with Gasteiger partial charge in [0.1, 0.15) is 0 Å². The van der Waals surface area contributed by atoms with Crippen LogP contribution in [0, 0.1) is 0 Å². The Morgan fingerprint density at radius 1 is 0.735 bits per heavy atom. The minimum Gasteiger partial charge on any atom is -0.322 e. The van der Waals surface area contributed by atoms with E-state index in [4.69, 9.17) is 0 Å². The lowest BCUT2D eigenvalue weighted by Gasteiger charge is -2.10. The van der Waals surface area contributed by atoms with E-state index in [1.165, 1.54) is 5.56 Å². The topological polar surface area (TPSA) is 75.3 Å². The van der Waals surface area contributed by atoms with Gasteiger partial charge in [-0.1, -0.05) is 73.7 Å². The molecule has 4 aromatic rings. The molecule has 0 unspecified atom stereocenters. The maximum absolute atomic E-state index is 12.7. The number of benzene rings is 4. The molecular formula is C28H26N2O3S. The molecule has 0 bridgehead atoms. The monoisotopic (exact) mass is 470 g/mol. The summed E-state index contributed by atoms with van der Waals surface area (Å²) in [5.41, 5.74) is 5.02. The first-order chi connectivity index (χ1) is 16.4. The smallest absolute Gasteiger partial charge is 0.255 e. The quantitative estimate of drug-likeness (QED) is 0.350. The van der Waals surface area contributed by atoms with E-state index in [2.05, 4.69) is 17.0 Å². The van der Waals surface area contributed by atoms with Gasteiger partial charge < -0.3 is 5.32 Å². The van der Waals surface area contributed by atoms with Crippen LogP contribution in [0.4, 0.5) is 5.69 Å². The largest absolute Gasteiger partial charge is 0.322 e. The fourth-order valence-electron chi connectivity index (χ4n) is 3.55. The normalized spacial score (nSPS) is 11.2. The molecule has 4 rings (SSSR count). The maximum Gasteiger partial charge on any atom is 0.255 e. The molecule has 0 spiro atoms. The molecule has 5 nitrogen and oxygen atoms in total. The third-order valence-corrected chi connectivity index (χ3v) is 6.97. The van der Waals surface area contributed by atoms with Gasteiger partial charge in [0.25, 0.3) is 5.91 Å².